The zero-order valence-electron chi connectivity index (χ0n) is 21.3. The van der Waals surface area contributed by atoms with E-state index in [0.29, 0.717) is 24.5 Å². The van der Waals surface area contributed by atoms with Gasteiger partial charge in [-0.2, -0.15) is 10.4 Å². The lowest BCUT2D eigenvalue weighted by atomic mass is 10.2. The fourth-order valence-corrected chi connectivity index (χ4v) is 4.82. The Morgan fingerprint density at radius 3 is 2.63 bits per heavy atom. The average Bonchev–Trinajstić information content (AvgIpc) is 3.51. The number of nitrogens with zero attached hydrogens (tertiary/aromatic N) is 5. The van der Waals surface area contributed by atoms with Crippen LogP contribution in [0.25, 0.3) is 5.69 Å². The molecular weight excluding hydrogens is 440 g/mol. The van der Waals surface area contributed by atoms with Crippen LogP contribution in [0, 0.1) is 39.0 Å². The van der Waals surface area contributed by atoms with Crippen molar-refractivity contribution in [2.24, 2.45) is 0 Å². The second kappa shape index (κ2) is 10.5. The van der Waals surface area contributed by atoms with E-state index < -0.39 is 0 Å². The minimum Gasteiger partial charge on any atom is -0.376 e. The number of aromatic nitrogens is 3. The van der Waals surface area contributed by atoms with Gasteiger partial charge in [-0.1, -0.05) is 18.2 Å². The Kier molecular flexibility index (Phi) is 7.39. The van der Waals surface area contributed by atoms with Crippen LogP contribution < -0.4 is 5.32 Å². The van der Waals surface area contributed by atoms with E-state index in [1.165, 1.54) is 0 Å². The van der Waals surface area contributed by atoms with Crippen LogP contribution >= 0.6 is 0 Å². The number of carbonyl (C=O) groups is 1. The molecule has 1 atom stereocenters. The van der Waals surface area contributed by atoms with E-state index in [4.69, 9.17) is 9.84 Å². The maximum absolute atomic E-state index is 13.1. The van der Waals surface area contributed by atoms with Gasteiger partial charge in [-0.05, 0) is 65.3 Å². The summed E-state index contributed by atoms with van der Waals surface area (Å²) >= 11 is 0. The fourth-order valence-electron chi connectivity index (χ4n) is 4.82. The van der Waals surface area contributed by atoms with Gasteiger partial charge in [0.15, 0.2) is 0 Å². The molecule has 8 heteroatoms. The number of ether oxygens (including phenoxy) is 1. The van der Waals surface area contributed by atoms with Crippen molar-refractivity contribution in [1.82, 2.24) is 19.2 Å². The molecule has 0 saturated carbocycles. The highest BCUT2D eigenvalue weighted by molar-refractivity contribution is 5.93. The molecule has 3 heterocycles. The molecule has 1 aliphatic heterocycles. The molecule has 1 saturated heterocycles. The average molecular weight is 475 g/mol. The number of carbonyl (C=O) groups excluding carboxylic acids is 1. The molecule has 0 unspecified atom stereocenters. The van der Waals surface area contributed by atoms with E-state index in [1.54, 1.807) is 0 Å². The lowest BCUT2D eigenvalue weighted by molar-refractivity contribution is -0.117. The van der Waals surface area contributed by atoms with Crippen molar-refractivity contribution in [3.8, 4) is 11.8 Å². The first-order valence-corrected chi connectivity index (χ1v) is 12.1. The Hall–Kier alpha value is -3.41. The van der Waals surface area contributed by atoms with Crippen molar-refractivity contribution in [3.63, 3.8) is 0 Å². The lowest BCUT2D eigenvalue weighted by Gasteiger charge is -2.19. The predicted molar refractivity (Wildman–Crippen MR) is 136 cm³/mol. The molecule has 1 N–H and O–H groups in total. The van der Waals surface area contributed by atoms with Gasteiger partial charge in [-0.3, -0.25) is 9.69 Å². The molecule has 0 radical (unpaired) electrons. The normalized spacial score (nSPS) is 15.5. The van der Waals surface area contributed by atoms with Gasteiger partial charge in [0.2, 0.25) is 5.91 Å². The van der Waals surface area contributed by atoms with Crippen LogP contribution in [0.15, 0.2) is 30.3 Å². The number of likely N-dealkylation sites (N-methyl/N-ethyl adjacent to an activating group) is 1. The van der Waals surface area contributed by atoms with E-state index in [9.17, 15) is 10.1 Å². The highest BCUT2D eigenvalue weighted by atomic mass is 16.5. The maximum atomic E-state index is 13.1. The van der Waals surface area contributed by atoms with Gasteiger partial charge >= 0.3 is 0 Å². The Bertz CT molecular complexity index is 1250. The topological polar surface area (TPSA) is 88.1 Å². The maximum Gasteiger partial charge on any atom is 0.239 e. The molecule has 0 aliphatic carbocycles. The molecule has 0 bridgehead atoms. The number of hydrogen-bond donors (Lipinski definition) is 1. The zero-order valence-corrected chi connectivity index (χ0v) is 21.3. The van der Waals surface area contributed by atoms with E-state index >= 15 is 0 Å². The molecule has 35 heavy (non-hydrogen) atoms. The third-order valence-corrected chi connectivity index (χ3v) is 6.89. The van der Waals surface area contributed by atoms with Crippen molar-refractivity contribution >= 4 is 11.7 Å². The van der Waals surface area contributed by atoms with Crippen molar-refractivity contribution in [2.45, 2.75) is 59.7 Å². The molecule has 1 aromatic carbocycles. The fraction of sp³-hybridized carbons (Fsp3) is 0.444. The second-order valence-corrected chi connectivity index (χ2v) is 9.41. The third kappa shape index (κ3) is 5.16. The molecule has 4 rings (SSSR count). The summed E-state index contributed by atoms with van der Waals surface area (Å²) in [5, 5.41) is 17.5. The van der Waals surface area contributed by atoms with E-state index in [1.807, 2.05) is 72.3 Å². The van der Waals surface area contributed by atoms with Crippen LogP contribution in [0.3, 0.4) is 0 Å². The SMILES string of the molecule is Cc1nn(-c2ccccc2)c(C)c1CN(C)CC(=O)Nc1c(C#N)c(C)c(C)n1C[C@H]1CCCO1. The summed E-state index contributed by atoms with van der Waals surface area (Å²) in [5.41, 5.74) is 6.53. The van der Waals surface area contributed by atoms with Gasteiger partial charge in [0.25, 0.3) is 0 Å². The van der Waals surface area contributed by atoms with Crippen LogP contribution in [0.1, 0.15) is 46.6 Å². The van der Waals surface area contributed by atoms with E-state index in [-0.39, 0.29) is 18.6 Å². The third-order valence-electron chi connectivity index (χ3n) is 6.89. The van der Waals surface area contributed by atoms with Gasteiger partial charge in [-0.25, -0.2) is 4.68 Å². The number of benzene rings is 1. The Morgan fingerprint density at radius 2 is 1.97 bits per heavy atom. The van der Waals surface area contributed by atoms with Crippen molar-refractivity contribution in [3.05, 3.63) is 64.1 Å². The first-order chi connectivity index (χ1) is 16.8. The number of amides is 1. The number of nitrogens with one attached hydrogen (secondary N) is 1. The standard InChI is InChI=1S/C27H34N6O2/c1-18-20(3)32(15-23-12-9-13-35-23)27(24(18)14-28)29-26(34)17-31(5)16-25-19(2)30-33(21(25)4)22-10-7-6-8-11-22/h6-8,10-11,23H,9,12-13,15-17H2,1-5H3,(H,29,34)/t23-/m1/s1. The number of rotatable bonds is 8. The largest absolute Gasteiger partial charge is 0.376 e. The zero-order chi connectivity index (χ0) is 25.1. The molecule has 1 fully saturated rings. The summed E-state index contributed by atoms with van der Waals surface area (Å²) < 4.78 is 9.78. The van der Waals surface area contributed by atoms with Gasteiger partial charge in [0.05, 0.1) is 36.1 Å². The Morgan fingerprint density at radius 1 is 1.23 bits per heavy atom. The highest BCUT2D eigenvalue weighted by Crippen LogP contribution is 2.28. The van der Waals surface area contributed by atoms with Crippen molar-refractivity contribution in [2.75, 3.05) is 25.5 Å². The van der Waals surface area contributed by atoms with Crippen molar-refractivity contribution in [1.29, 1.82) is 5.26 Å². The van der Waals surface area contributed by atoms with E-state index in [0.717, 1.165) is 53.3 Å². The quantitative estimate of drug-likeness (QED) is 0.533. The minimum atomic E-state index is -0.152. The summed E-state index contributed by atoms with van der Waals surface area (Å²) in [6, 6.07) is 12.3. The summed E-state index contributed by atoms with van der Waals surface area (Å²) in [4.78, 5) is 15.0. The van der Waals surface area contributed by atoms with Gasteiger partial charge < -0.3 is 14.6 Å². The molecule has 8 nitrogen and oxygen atoms in total. The summed E-state index contributed by atoms with van der Waals surface area (Å²) in [5.74, 6) is 0.418. The molecule has 184 valence electrons. The summed E-state index contributed by atoms with van der Waals surface area (Å²) in [6.45, 7) is 10.2. The van der Waals surface area contributed by atoms with Gasteiger partial charge in [0.1, 0.15) is 11.9 Å². The monoisotopic (exact) mass is 474 g/mol. The Labute approximate surface area is 207 Å². The molecular formula is C27H34N6O2. The first-order valence-electron chi connectivity index (χ1n) is 12.1. The van der Waals surface area contributed by atoms with Crippen LogP contribution in [0.4, 0.5) is 5.82 Å². The van der Waals surface area contributed by atoms with Crippen molar-refractivity contribution < 1.29 is 9.53 Å². The number of anilines is 1. The molecule has 0 spiro atoms. The lowest BCUT2D eigenvalue weighted by Crippen LogP contribution is -2.31. The van der Waals surface area contributed by atoms with Crippen LogP contribution in [0.5, 0.6) is 0 Å². The predicted octanol–water partition coefficient (Wildman–Crippen LogP) is 4.03. The minimum absolute atomic E-state index is 0.109. The molecule has 1 amide bonds. The number of aryl methyl sites for hydroxylation is 1. The van der Waals surface area contributed by atoms with Crippen LogP contribution in [-0.2, 0) is 22.6 Å². The van der Waals surface area contributed by atoms with E-state index in [2.05, 4.69) is 18.3 Å². The van der Waals surface area contributed by atoms with Crippen LogP contribution in [-0.4, -0.2) is 51.5 Å². The summed E-state index contributed by atoms with van der Waals surface area (Å²) in [7, 11) is 1.92. The van der Waals surface area contributed by atoms with Gasteiger partial charge in [0, 0.05) is 30.1 Å². The molecule has 3 aromatic rings. The van der Waals surface area contributed by atoms with Gasteiger partial charge in [-0.15, -0.1) is 0 Å². The summed E-state index contributed by atoms with van der Waals surface area (Å²) in [6.07, 6.45) is 2.14. The highest BCUT2D eigenvalue weighted by Gasteiger charge is 2.24. The Balaban J connectivity index is 1.47. The number of nitriles is 1. The first kappa shape index (κ1) is 24.7. The second-order valence-electron chi connectivity index (χ2n) is 9.41. The number of hydrogen-bond acceptors (Lipinski definition) is 5. The number of para-hydroxylation sites is 1. The smallest absolute Gasteiger partial charge is 0.239 e. The van der Waals surface area contributed by atoms with Crippen LogP contribution in [0.2, 0.25) is 0 Å². The molecule has 1 aliphatic rings. The molecule has 2 aromatic heterocycles.